The van der Waals surface area contributed by atoms with Crippen molar-refractivity contribution in [3.8, 4) is 5.75 Å². The van der Waals surface area contributed by atoms with Crippen LogP contribution >= 0.6 is 0 Å². The van der Waals surface area contributed by atoms with Crippen molar-refractivity contribution in [2.75, 3.05) is 18.5 Å². The van der Waals surface area contributed by atoms with Crippen molar-refractivity contribution in [3.05, 3.63) is 27.8 Å². The second kappa shape index (κ2) is 6.72. The molecule has 1 saturated heterocycles. The van der Waals surface area contributed by atoms with E-state index in [0.29, 0.717) is 17.9 Å². The fourth-order valence-corrected chi connectivity index (χ4v) is 3.71. The summed E-state index contributed by atoms with van der Waals surface area (Å²) in [7, 11) is 0. The topological polar surface area (TPSA) is 105 Å². The SMILES string of the molecule is O=[N+]([O-])c1cc(O)c2c(c1)[C@H]1OCCC[C@H]1[C@@H](CCCCO)N2. The van der Waals surface area contributed by atoms with E-state index in [9.17, 15) is 15.2 Å². The minimum absolute atomic E-state index is 0.103. The van der Waals surface area contributed by atoms with Crippen molar-refractivity contribution in [2.45, 2.75) is 44.2 Å². The number of nitrogens with one attached hydrogen (secondary N) is 1. The van der Waals surface area contributed by atoms with Crippen LogP contribution in [-0.2, 0) is 4.74 Å². The Balaban J connectivity index is 1.93. The van der Waals surface area contributed by atoms with E-state index in [-0.39, 0.29) is 36.1 Å². The van der Waals surface area contributed by atoms with Gasteiger partial charge in [-0.3, -0.25) is 10.1 Å². The lowest BCUT2D eigenvalue weighted by Gasteiger charge is -2.43. The van der Waals surface area contributed by atoms with Gasteiger partial charge in [0, 0.05) is 36.8 Å². The molecule has 2 heterocycles. The number of rotatable bonds is 5. The van der Waals surface area contributed by atoms with E-state index in [1.165, 1.54) is 12.1 Å². The molecule has 126 valence electrons. The number of nitrogens with zero attached hydrogens (tertiary/aromatic N) is 1. The molecule has 3 rings (SSSR count). The number of fused-ring (bicyclic) bond motifs is 3. The summed E-state index contributed by atoms with van der Waals surface area (Å²) in [6, 6.07) is 2.83. The molecule has 1 aromatic rings. The molecule has 7 nitrogen and oxygen atoms in total. The second-order valence-corrected chi connectivity index (χ2v) is 6.25. The summed E-state index contributed by atoms with van der Waals surface area (Å²) in [5.74, 6) is 0.130. The third-order valence-electron chi connectivity index (χ3n) is 4.79. The first-order chi connectivity index (χ1) is 11.1. The van der Waals surface area contributed by atoms with Crippen LogP contribution in [0.15, 0.2) is 12.1 Å². The third-order valence-corrected chi connectivity index (χ3v) is 4.79. The number of non-ortho nitro benzene ring substituents is 1. The number of nitro groups is 1. The van der Waals surface area contributed by atoms with Crippen LogP contribution in [0.4, 0.5) is 11.4 Å². The number of aliphatic hydroxyl groups is 1. The highest BCUT2D eigenvalue weighted by Gasteiger charge is 2.40. The predicted molar refractivity (Wildman–Crippen MR) is 84.5 cm³/mol. The minimum Gasteiger partial charge on any atom is -0.506 e. The number of nitro benzene ring substituents is 1. The first-order valence-corrected chi connectivity index (χ1v) is 8.12. The molecule has 0 saturated carbocycles. The molecule has 0 amide bonds. The van der Waals surface area contributed by atoms with Gasteiger partial charge in [-0.05, 0) is 32.1 Å². The van der Waals surface area contributed by atoms with Gasteiger partial charge in [-0.1, -0.05) is 0 Å². The van der Waals surface area contributed by atoms with Crippen LogP contribution in [0.5, 0.6) is 5.75 Å². The molecule has 0 radical (unpaired) electrons. The summed E-state index contributed by atoms with van der Waals surface area (Å²) in [6.45, 7) is 0.804. The Morgan fingerprint density at radius 3 is 2.96 bits per heavy atom. The lowest BCUT2D eigenvalue weighted by atomic mass is 9.78. The molecule has 2 aliphatic rings. The van der Waals surface area contributed by atoms with Gasteiger partial charge in [0.2, 0.25) is 0 Å². The van der Waals surface area contributed by atoms with Gasteiger partial charge in [0.05, 0.1) is 22.8 Å². The van der Waals surface area contributed by atoms with Crippen LogP contribution in [0.3, 0.4) is 0 Å². The van der Waals surface area contributed by atoms with Crippen LogP contribution in [0.2, 0.25) is 0 Å². The van der Waals surface area contributed by atoms with Gasteiger partial charge in [-0.2, -0.15) is 0 Å². The summed E-state index contributed by atoms with van der Waals surface area (Å²) in [5.41, 5.74) is 1.11. The van der Waals surface area contributed by atoms with E-state index in [4.69, 9.17) is 9.84 Å². The Bertz CT molecular complexity index is 592. The number of hydrogen-bond acceptors (Lipinski definition) is 6. The van der Waals surface area contributed by atoms with E-state index >= 15 is 0 Å². The maximum atomic E-state index is 11.0. The fraction of sp³-hybridized carbons (Fsp3) is 0.625. The van der Waals surface area contributed by atoms with Crippen molar-refractivity contribution in [1.82, 2.24) is 0 Å². The fourth-order valence-electron chi connectivity index (χ4n) is 3.71. The Morgan fingerprint density at radius 2 is 2.22 bits per heavy atom. The highest BCUT2D eigenvalue weighted by Crippen LogP contribution is 2.49. The highest BCUT2D eigenvalue weighted by molar-refractivity contribution is 5.68. The van der Waals surface area contributed by atoms with E-state index in [1.54, 1.807) is 0 Å². The summed E-state index contributed by atoms with van der Waals surface area (Å²) < 4.78 is 5.91. The highest BCUT2D eigenvalue weighted by atomic mass is 16.6. The Morgan fingerprint density at radius 1 is 1.39 bits per heavy atom. The maximum Gasteiger partial charge on any atom is 0.273 e. The average Bonchev–Trinajstić information content (AvgIpc) is 2.55. The predicted octanol–water partition coefficient (Wildman–Crippen LogP) is 2.72. The quantitative estimate of drug-likeness (QED) is 0.333. The molecular formula is C16H22N2O5. The van der Waals surface area contributed by atoms with Crippen molar-refractivity contribution < 1.29 is 19.9 Å². The first kappa shape index (κ1) is 16.0. The molecule has 2 aliphatic heterocycles. The van der Waals surface area contributed by atoms with E-state index < -0.39 is 4.92 Å². The van der Waals surface area contributed by atoms with Crippen LogP contribution in [0.1, 0.15) is 43.8 Å². The Labute approximate surface area is 134 Å². The van der Waals surface area contributed by atoms with Crippen LogP contribution < -0.4 is 5.32 Å². The molecule has 0 unspecified atom stereocenters. The van der Waals surface area contributed by atoms with Gasteiger partial charge in [0.25, 0.3) is 5.69 Å². The number of phenolic OH excluding ortho intramolecular Hbond substituents is 1. The smallest absolute Gasteiger partial charge is 0.273 e. The van der Waals surface area contributed by atoms with Crippen molar-refractivity contribution >= 4 is 11.4 Å². The lowest BCUT2D eigenvalue weighted by Crippen LogP contribution is -2.41. The molecular weight excluding hydrogens is 300 g/mol. The Hall–Kier alpha value is -1.86. The zero-order valence-electron chi connectivity index (χ0n) is 12.9. The van der Waals surface area contributed by atoms with Gasteiger partial charge in [-0.25, -0.2) is 0 Å². The number of ether oxygens (including phenoxy) is 1. The second-order valence-electron chi connectivity index (χ2n) is 6.25. The largest absolute Gasteiger partial charge is 0.506 e. The molecule has 0 spiro atoms. The Kier molecular flexibility index (Phi) is 4.68. The van der Waals surface area contributed by atoms with E-state index in [1.807, 2.05) is 0 Å². The van der Waals surface area contributed by atoms with Gasteiger partial charge in [-0.15, -0.1) is 0 Å². The zero-order chi connectivity index (χ0) is 16.4. The van der Waals surface area contributed by atoms with Gasteiger partial charge >= 0.3 is 0 Å². The summed E-state index contributed by atoms with van der Waals surface area (Å²) >= 11 is 0. The third kappa shape index (κ3) is 3.11. The number of phenols is 1. The van der Waals surface area contributed by atoms with Crippen molar-refractivity contribution in [2.24, 2.45) is 5.92 Å². The summed E-state index contributed by atoms with van der Waals surface area (Å²) in [5, 5.41) is 33.6. The van der Waals surface area contributed by atoms with Gasteiger partial charge < -0.3 is 20.3 Å². The number of hydrogen-bond donors (Lipinski definition) is 3. The minimum atomic E-state index is -0.495. The number of benzene rings is 1. The molecule has 7 heteroatoms. The average molecular weight is 322 g/mol. The molecule has 3 N–H and O–H groups in total. The van der Waals surface area contributed by atoms with Crippen molar-refractivity contribution in [3.63, 3.8) is 0 Å². The van der Waals surface area contributed by atoms with E-state index in [0.717, 1.165) is 32.1 Å². The molecule has 1 aromatic carbocycles. The maximum absolute atomic E-state index is 11.0. The summed E-state index contributed by atoms with van der Waals surface area (Å²) in [6.07, 6.45) is 4.25. The number of anilines is 1. The molecule has 3 atom stereocenters. The zero-order valence-corrected chi connectivity index (χ0v) is 12.9. The molecule has 0 bridgehead atoms. The number of unbranched alkanes of at least 4 members (excludes halogenated alkanes) is 1. The van der Waals surface area contributed by atoms with E-state index in [2.05, 4.69) is 5.32 Å². The van der Waals surface area contributed by atoms with Gasteiger partial charge in [0.1, 0.15) is 5.75 Å². The van der Waals surface area contributed by atoms with Crippen molar-refractivity contribution in [1.29, 1.82) is 0 Å². The lowest BCUT2D eigenvalue weighted by molar-refractivity contribution is -0.385. The number of aliphatic hydroxyl groups excluding tert-OH is 1. The van der Waals surface area contributed by atoms with Crippen LogP contribution in [-0.4, -0.2) is 34.4 Å². The molecule has 0 aromatic heterocycles. The monoisotopic (exact) mass is 322 g/mol. The van der Waals surface area contributed by atoms with Crippen LogP contribution in [0, 0.1) is 16.0 Å². The molecule has 0 aliphatic carbocycles. The normalized spacial score (nSPS) is 26.0. The summed E-state index contributed by atoms with van der Waals surface area (Å²) in [4.78, 5) is 10.6. The first-order valence-electron chi connectivity index (χ1n) is 8.12. The van der Waals surface area contributed by atoms with Crippen LogP contribution in [0.25, 0.3) is 0 Å². The molecule has 1 fully saturated rings. The molecule has 23 heavy (non-hydrogen) atoms. The van der Waals surface area contributed by atoms with Gasteiger partial charge in [0.15, 0.2) is 0 Å². The number of aromatic hydroxyl groups is 1. The standard InChI is InChI=1S/C16H22N2O5/c19-6-2-1-5-13-11-4-3-7-23-16(11)12-8-10(18(21)22)9-14(20)15(12)17-13/h8-9,11,13,16-17,19-20H,1-7H2/t11-,13+,16-/m0/s1.